The molecule has 206 valence electrons. The van der Waals surface area contributed by atoms with Gasteiger partial charge in [0.15, 0.2) is 0 Å². The highest BCUT2D eigenvalue weighted by molar-refractivity contribution is 8.01. The Morgan fingerprint density at radius 3 is 2.28 bits per heavy atom. The van der Waals surface area contributed by atoms with Crippen LogP contribution in [0.5, 0.6) is 5.75 Å². The molecule has 1 amide bonds. The second-order valence-electron chi connectivity index (χ2n) is 9.21. The van der Waals surface area contributed by atoms with Crippen LogP contribution in [-0.4, -0.2) is 59.9 Å². The van der Waals surface area contributed by atoms with E-state index in [9.17, 15) is 9.59 Å². The lowest BCUT2D eigenvalue weighted by molar-refractivity contribution is -0.137. The predicted molar refractivity (Wildman–Crippen MR) is 159 cm³/mol. The Bertz CT molecular complexity index is 1240. The lowest BCUT2D eigenvalue weighted by Crippen LogP contribution is -2.38. The van der Waals surface area contributed by atoms with Crippen LogP contribution in [0.15, 0.2) is 78.9 Å². The Balaban J connectivity index is 0.00000420. The molecule has 39 heavy (non-hydrogen) atoms. The maximum absolute atomic E-state index is 13.2. The second kappa shape index (κ2) is 14.6. The summed E-state index contributed by atoms with van der Waals surface area (Å²) >= 11 is 1.34. The van der Waals surface area contributed by atoms with Gasteiger partial charge in [-0.15, -0.1) is 24.2 Å². The number of carbonyl (C=O) groups is 2. The molecule has 3 N–H and O–H groups in total. The van der Waals surface area contributed by atoms with Gasteiger partial charge in [-0.3, -0.25) is 15.0 Å². The van der Waals surface area contributed by atoms with Crippen LogP contribution in [0.3, 0.4) is 0 Å². The fourth-order valence-corrected chi connectivity index (χ4v) is 5.63. The zero-order valence-electron chi connectivity index (χ0n) is 21.9. The molecule has 1 heterocycles. The summed E-state index contributed by atoms with van der Waals surface area (Å²) in [6.45, 7) is 1.03. The molecule has 0 aliphatic carbocycles. The molecule has 1 aliphatic rings. The maximum Gasteiger partial charge on any atom is 0.315 e. The summed E-state index contributed by atoms with van der Waals surface area (Å²) in [4.78, 5) is 26.8. The first kappa shape index (κ1) is 30.1. The van der Waals surface area contributed by atoms with Crippen LogP contribution < -0.4 is 10.5 Å². The minimum Gasteiger partial charge on any atom is -0.491 e. The van der Waals surface area contributed by atoms with Crippen molar-refractivity contribution in [2.45, 2.75) is 30.6 Å². The molecule has 0 radical (unpaired) electrons. The standard InChI is InChI=1S/C30H33N3O4S.ClH/c1-36-28(34)20-38-27-18-25(33(30(27)35)17-5-8-21-6-3-2-4-7-21)19-37-26-15-13-23(14-16-26)22-9-11-24(12-10-22)29(31)32;/h2-4,6-7,9-16,25,27H,5,8,17-20H2,1H3,(H3,31,32);1H/t25-,27+;/m0./s1. The van der Waals surface area contributed by atoms with Crippen LogP contribution >= 0.6 is 24.2 Å². The van der Waals surface area contributed by atoms with Gasteiger partial charge in [-0.1, -0.05) is 66.7 Å². The molecule has 3 aromatic carbocycles. The van der Waals surface area contributed by atoms with E-state index in [0.717, 1.165) is 29.7 Å². The highest BCUT2D eigenvalue weighted by atomic mass is 35.5. The topological polar surface area (TPSA) is 106 Å². The molecule has 9 heteroatoms. The number of aryl methyl sites for hydroxylation is 1. The van der Waals surface area contributed by atoms with Crippen molar-refractivity contribution in [2.24, 2.45) is 5.73 Å². The Labute approximate surface area is 240 Å². The first-order chi connectivity index (χ1) is 18.4. The summed E-state index contributed by atoms with van der Waals surface area (Å²) in [7, 11) is 1.36. The highest BCUT2D eigenvalue weighted by Crippen LogP contribution is 2.30. The molecule has 0 spiro atoms. The molecule has 0 aromatic heterocycles. The number of methoxy groups -OCH3 is 1. The number of rotatable bonds is 12. The van der Waals surface area contributed by atoms with Crippen molar-refractivity contribution in [3.05, 3.63) is 90.0 Å². The minimum atomic E-state index is -0.325. The van der Waals surface area contributed by atoms with Gasteiger partial charge in [-0.05, 0) is 48.1 Å². The Morgan fingerprint density at radius 1 is 1.03 bits per heavy atom. The molecule has 1 aliphatic heterocycles. The third-order valence-electron chi connectivity index (χ3n) is 6.65. The first-order valence-electron chi connectivity index (χ1n) is 12.6. The van der Waals surface area contributed by atoms with E-state index in [2.05, 4.69) is 12.1 Å². The summed E-state index contributed by atoms with van der Waals surface area (Å²) in [6, 6.07) is 25.6. The van der Waals surface area contributed by atoms with Gasteiger partial charge in [-0.2, -0.15) is 0 Å². The van der Waals surface area contributed by atoms with E-state index in [1.165, 1.54) is 24.4 Å². The van der Waals surface area contributed by atoms with E-state index in [1.807, 2.05) is 71.6 Å². The molecule has 1 fully saturated rings. The number of nitrogens with one attached hydrogen (secondary N) is 1. The van der Waals surface area contributed by atoms with E-state index >= 15 is 0 Å². The highest BCUT2D eigenvalue weighted by Gasteiger charge is 2.40. The minimum absolute atomic E-state index is 0. The lowest BCUT2D eigenvalue weighted by Gasteiger charge is -2.25. The van der Waals surface area contributed by atoms with Gasteiger partial charge in [0, 0.05) is 12.1 Å². The molecular weight excluding hydrogens is 534 g/mol. The second-order valence-corrected chi connectivity index (χ2v) is 10.4. The lowest BCUT2D eigenvalue weighted by atomic mass is 10.0. The van der Waals surface area contributed by atoms with E-state index < -0.39 is 0 Å². The number of ether oxygens (including phenoxy) is 2. The number of amidine groups is 1. The summed E-state index contributed by atoms with van der Waals surface area (Å²) in [5, 5.41) is 7.26. The van der Waals surface area contributed by atoms with Gasteiger partial charge in [0.1, 0.15) is 18.2 Å². The number of nitrogen functional groups attached to an aromatic ring is 1. The quantitative estimate of drug-likeness (QED) is 0.182. The number of amides is 1. The van der Waals surface area contributed by atoms with Gasteiger partial charge in [0.25, 0.3) is 0 Å². The first-order valence-corrected chi connectivity index (χ1v) is 13.7. The summed E-state index contributed by atoms with van der Waals surface area (Å²) < 4.78 is 10.9. The van der Waals surface area contributed by atoms with Gasteiger partial charge >= 0.3 is 5.97 Å². The molecule has 4 rings (SSSR count). The number of thioether (sulfide) groups is 1. The number of hydrogen-bond donors (Lipinski definition) is 2. The number of nitrogens with two attached hydrogens (primary N) is 1. The van der Waals surface area contributed by atoms with Crippen molar-refractivity contribution in [1.82, 2.24) is 4.90 Å². The molecule has 2 atom stereocenters. The van der Waals surface area contributed by atoms with E-state index in [4.69, 9.17) is 20.6 Å². The molecule has 0 bridgehead atoms. The maximum atomic E-state index is 13.2. The van der Waals surface area contributed by atoms with Crippen LogP contribution in [0.2, 0.25) is 0 Å². The SMILES string of the molecule is COC(=O)CS[C@@H]1C[C@@H](COc2ccc(-c3ccc(C(=N)N)cc3)cc2)N(CCCc2ccccc2)C1=O.Cl. The number of esters is 1. The van der Waals surface area contributed by atoms with Crippen LogP contribution in [0, 0.1) is 5.41 Å². The number of hydrogen-bond acceptors (Lipinski definition) is 6. The van der Waals surface area contributed by atoms with Crippen molar-refractivity contribution in [3.63, 3.8) is 0 Å². The average molecular weight is 568 g/mol. The van der Waals surface area contributed by atoms with Gasteiger partial charge in [0.2, 0.25) is 5.91 Å². The molecule has 7 nitrogen and oxygen atoms in total. The number of carbonyl (C=O) groups excluding carboxylic acids is 2. The van der Waals surface area contributed by atoms with Crippen molar-refractivity contribution >= 4 is 41.9 Å². The average Bonchev–Trinajstić information content (AvgIpc) is 3.25. The number of nitrogens with zero attached hydrogens (tertiary/aromatic N) is 1. The molecular formula is C30H34ClN3O4S. The van der Waals surface area contributed by atoms with E-state index in [0.29, 0.717) is 25.1 Å². The number of likely N-dealkylation sites (tertiary alicyclic amines) is 1. The van der Waals surface area contributed by atoms with Crippen molar-refractivity contribution in [1.29, 1.82) is 5.41 Å². The molecule has 0 saturated carbocycles. The van der Waals surface area contributed by atoms with E-state index in [1.54, 1.807) is 0 Å². The monoisotopic (exact) mass is 567 g/mol. The fraction of sp³-hybridized carbons (Fsp3) is 0.300. The largest absolute Gasteiger partial charge is 0.491 e. The molecule has 1 saturated heterocycles. The zero-order chi connectivity index (χ0) is 26.9. The third kappa shape index (κ3) is 8.25. The van der Waals surface area contributed by atoms with Gasteiger partial charge in [0.05, 0.1) is 24.2 Å². The fourth-order valence-electron chi connectivity index (χ4n) is 4.53. The predicted octanol–water partition coefficient (Wildman–Crippen LogP) is 4.95. The Morgan fingerprint density at radius 2 is 1.67 bits per heavy atom. The summed E-state index contributed by atoms with van der Waals surface area (Å²) in [5.41, 5.74) is 9.54. The van der Waals surface area contributed by atoms with Gasteiger partial charge in [-0.25, -0.2) is 0 Å². The molecule has 0 unspecified atom stereocenters. The summed E-state index contributed by atoms with van der Waals surface area (Å²) in [6.07, 6.45) is 2.39. The zero-order valence-corrected chi connectivity index (χ0v) is 23.5. The van der Waals surface area contributed by atoms with Crippen LogP contribution in [0.25, 0.3) is 11.1 Å². The summed E-state index contributed by atoms with van der Waals surface area (Å²) in [5.74, 6) is 0.675. The Hall–Kier alpha value is -3.49. The Kier molecular flexibility index (Phi) is 11.3. The third-order valence-corrected chi connectivity index (χ3v) is 7.85. The molecule has 3 aromatic rings. The number of benzene rings is 3. The van der Waals surface area contributed by atoms with Crippen molar-refractivity contribution in [3.8, 4) is 16.9 Å². The van der Waals surface area contributed by atoms with Crippen LogP contribution in [0.1, 0.15) is 24.0 Å². The van der Waals surface area contributed by atoms with Crippen molar-refractivity contribution < 1.29 is 19.1 Å². The number of halogens is 1. The van der Waals surface area contributed by atoms with E-state index in [-0.39, 0.29) is 47.2 Å². The van der Waals surface area contributed by atoms with Gasteiger partial charge < -0.3 is 20.1 Å². The van der Waals surface area contributed by atoms with Crippen molar-refractivity contribution in [2.75, 3.05) is 26.0 Å². The van der Waals surface area contributed by atoms with Crippen LogP contribution in [0.4, 0.5) is 0 Å². The van der Waals surface area contributed by atoms with Crippen LogP contribution in [-0.2, 0) is 20.7 Å². The normalized spacial score (nSPS) is 16.4. The smallest absolute Gasteiger partial charge is 0.315 e.